The number of rotatable bonds is 3. The van der Waals surface area contributed by atoms with Crippen LogP contribution in [0.4, 0.5) is 0 Å². The molecular formula is C12H22N2. The highest BCUT2D eigenvalue weighted by Gasteiger charge is 2.30. The summed E-state index contributed by atoms with van der Waals surface area (Å²) in [5.41, 5.74) is 0. The summed E-state index contributed by atoms with van der Waals surface area (Å²) in [6, 6.07) is 1.66. The molecule has 2 heterocycles. The molecule has 0 spiro atoms. The number of hydrogen-bond donors (Lipinski definition) is 1. The predicted octanol–water partition coefficient (Wildman–Crippen LogP) is 1.78. The molecule has 2 fully saturated rings. The van der Waals surface area contributed by atoms with Crippen molar-refractivity contribution in [1.29, 1.82) is 0 Å². The molecule has 2 unspecified atom stereocenters. The van der Waals surface area contributed by atoms with Gasteiger partial charge in [0.1, 0.15) is 0 Å². The Morgan fingerprint density at radius 2 is 2.29 bits per heavy atom. The third-order valence-corrected chi connectivity index (χ3v) is 3.58. The fourth-order valence-corrected chi connectivity index (χ4v) is 2.76. The molecule has 2 nitrogen and oxygen atoms in total. The van der Waals surface area contributed by atoms with Gasteiger partial charge in [0, 0.05) is 18.6 Å². The topological polar surface area (TPSA) is 15.3 Å². The first kappa shape index (κ1) is 10.2. The van der Waals surface area contributed by atoms with E-state index < -0.39 is 0 Å². The summed E-state index contributed by atoms with van der Waals surface area (Å²) in [5.74, 6) is 0. The van der Waals surface area contributed by atoms with Crippen LogP contribution in [0.1, 0.15) is 32.6 Å². The second-order valence-electron chi connectivity index (χ2n) is 4.53. The van der Waals surface area contributed by atoms with Gasteiger partial charge in [-0.15, -0.1) is 0 Å². The van der Waals surface area contributed by atoms with E-state index in [0.717, 1.165) is 18.6 Å². The Hall–Kier alpha value is -0.340. The molecule has 0 bridgehead atoms. The van der Waals surface area contributed by atoms with Gasteiger partial charge in [-0.3, -0.25) is 0 Å². The standard InChI is InChI=1S/C12H22N2/c1-2-3-7-13-11-6-9-14-8-4-5-12(14)10-11/h2-3,11-13H,4-10H2,1H3/b3-2+. The summed E-state index contributed by atoms with van der Waals surface area (Å²) in [6.45, 7) is 5.81. The van der Waals surface area contributed by atoms with Gasteiger partial charge in [-0.05, 0) is 45.7 Å². The van der Waals surface area contributed by atoms with Gasteiger partial charge in [0.25, 0.3) is 0 Å². The molecule has 2 saturated heterocycles. The lowest BCUT2D eigenvalue weighted by atomic mass is 9.98. The number of nitrogens with one attached hydrogen (secondary N) is 1. The summed E-state index contributed by atoms with van der Waals surface area (Å²) < 4.78 is 0. The zero-order valence-corrected chi connectivity index (χ0v) is 9.21. The molecule has 0 aromatic rings. The van der Waals surface area contributed by atoms with Gasteiger partial charge >= 0.3 is 0 Å². The first-order valence-electron chi connectivity index (χ1n) is 5.98. The molecule has 0 aliphatic carbocycles. The van der Waals surface area contributed by atoms with Crippen LogP contribution in [0.3, 0.4) is 0 Å². The minimum Gasteiger partial charge on any atom is -0.310 e. The van der Waals surface area contributed by atoms with E-state index in [1.54, 1.807) is 0 Å². The average Bonchev–Trinajstić information content (AvgIpc) is 2.65. The predicted molar refractivity (Wildman–Crippen MR) is 60.4 cm³/mol. The SMILES string of the molecule is C/C=C/CNC1CCN2CCCC2C1. The smallest absolute Gasteiger partial charge is 0.0137 e. The third kappa shape index (κ3) is 2.37. The molecule has 0 aromatic carbocycles. The number of piperidine rings is 1. The summed E-state index contributed by atoms with van der Waals surface area (Å²) in [7, 11) is 0. The zero-order valence-electron chi connectivity index (χ0n) is 9.21. The highest BCUT2D eigenvalue weighted by atomic mass is 15.2. The Bertz CT molecular complexity index is 200. The summed E-state index contributed by atoms with van der Waals surface area (Å²) in [6.07, 6.45) is 9.90. The molecule has 2 heteroatoms. The Balaban J connectivity index is 1.74. The second-order valence-corrected chi connectivity index (χ2v) is 4.53. The van der Waals surface area contributed by atoms with Crippen LogP contribution >= 0.6 is 0 Å². The molecule has 0 aromatic heterocycles. The van der Waals surface area contributed by atoms with Crippen LogP contribution in [-0.2, 0) is 0 Å². The fourth-order valence-electron chi connectivity index (χ4n) is 2.76. The third-order valence-electron chi connectivity index (χ3n) is 3.58. The van der Waals surface area contributed by atoms with Gasteiger partial charge in [0.15, 0.2) is 0 Å². The van der Waals surface area contributed by atoms with Crippen LogP contribution in [-0.4, -0.2) is 36.6 Å². The fraction of sp³-hybridized carbons (Fsp3) is 0.833. The Morgan fingerprint density at radius 1 is 1.36 bits per heavy atom. The largest absolute Gasteiger partial charge is 0.310 e. The normalized spacial score (nSPS) is 33.8. The van der Waals surface area contributed by atoms with E-state index in [1.165, 1.54) is 38.8 Å². The van der Waals surface area contributed by atoms with E-state index >= 15 is 0 Å². The highest BCUT2D eigenvalue weighted by Crippen LogP contribution is 2.26. The Labute approximate surface area is 87.4 Å². The van der Waals surface area contributed by atoms with Crippen molar-refractivity contribution in [2.45, 2.75) is 44.7 Å². The molecule has 80 valence electrons. The van der Waals surface area contributed by atoms with Crippen LogP contribution in [0.2, 0.25) is 0 Å². The Morgan fingerprint density at radius 3 is 3.14 bits per heavy atom. The number of allylic oxidation sites excluding steroid dienone is 1. The van der Waals surface area contributed by atoms with Crippen molar-refractivity contribution in [1.82, 2.24) is 10.2 Å². The minimum absolute atomic E-state index is 0.769. The molecule has 14 heavy (non-hydrogen) atoms. The Kier molecular flexibility index (Phi) is 3.60. The zero-order chi connectivity index (χ0) is 9.80. The van der Waals surface area contributed by atoms with Gasteiger partial charge in [-0.1, -0.05) is 12.2 Å². The molecule has 0 saturated carbocycles. The first-order valence-corrected chi connectivity index (χ1v) is 5.98. The van der Waals surface area contributed by atoms with Crippen LogP contribution in [0.15, 0.2) is 12.2 Å². The van der Waals surface area contributed by atoms with Crippen LogP contribution in [0, 0.1) is 0 Å². The number of hydrogen-bond acceptors (Lipinski definition) is 2. The monoisotopic (exact) mass is 194 g/mol. The lowest BCUT2D eigenvalue weighted by Gasteiger charge is -2.35. The lowest BCUT2D eigenvalue weighted by Crippen LogP contribution is -2.45. The van der Waals surface area contributed by atoms with E-state index in [-0.39, 0.29) is 0 Å². The molecule has 2 rings (SSSR count). The molecule has 1 N–H and O–H groups in total. The van der Waals surface area contributed by atoms with E-state index in [1.807, 2.05) is 0 Å². The van der Waals surface area contributed by atoms with E-state index in [2.05, 4.69) is 29.3 Å². The molecule has 2 atom stereocenters. The van der Waals surface area contributed by atoms with Crippen molar-refractivity contribution in [3.05, 3.63) is 12.2 Å². The highest BCUT2D eigenvalue weighted by molar-refractivity contribution is 4.90. The van der Waals surface area contributed by atoms with Crippen molar-refractivity contribution < 1.29 is 0 Å². The first-order chi connectivity index (χ1) is 6.90. The van der Waals surface area contributed by atoms with Crippen LogP contribution < -0.4 is 5.32 Å². The quantitative estimate of drug-likeness (QED) is 0.689. The van der Waals surface area contributed by atoms with Gasteiger partial charge < -0.3 is 10.2 Å². The van der Waals surface area contributed by atoms with Crippen LogP contribution in [0.25, 0.3) is 0 Å². The maximum atomic E-state index is 3.62. The van der Waals surface area contributed by atoms with E-state index in [4.69, 9.17) is 0 Å². The van der Waals surface area contributed by atoms with Gasteiger partial charge in [0.05, 0.1) is 0 Å². The van der Waals surface area contributed by atoms with Crippen molar-refractivity contribution in [2.75, 3.05) is 19.6 Å². The van der Waals surface area contributed by atoms with Crippen molar-refractivity contribution >= 4 is 0 Å². The van der Waals surface area contributed by atoms with Crippen LogP contribution in [0.5, 0.6) is 0 Å². The molecular weight excluding hydrogens is 172 g/mol. The number of nitrogens with zero attached hydrogens (tertiary/aromatic N) is 1. The molecule has 2 aliphatic rings. The summed E-state index contributed by atoms with van der Waals surface area (Å²) in [5, 5.41) is 3.62. The van der Waals surface area contributed by atoms with E-state index in [0.29, 0.717) is 0 Å². The van der Waals surface area contributed by atoms with Crippen molar-refractivity contribution in [3.8, 4) is 0 Å². The maximum absolute atomic E-state index is 3.62. The van der Waals surface area contributed by atoms with E-state index in [9.17, 15) is 0 Å². The maximum Gasteiger partial charge on any atom is 0.0137 e. The van der Waals surface area contributed by atoms with Gasteiger partial charge in [-0.2, -0.15) is 0 Å². The summed E-state index contributed by atoms with van der Waals surface area (Å²) >= 11 is 0. The van der Waals surface area contributed by atoms with Crippen molar-refractivity contribution in [3.63, 3.8) is 0 Å². The number of fused-ring (bicyclic) bond motifs is 1. The van der Waals surface area contributed by atoms with Gasteiger partial charge in [-0.25, -0.2) is 0 Å². The molecule has 0 radical (unpaired) electrons. The molecule has 2 aliphatic heterocycles. The summed E-state index contributed by atoms with van der Waals surface area (Å²) in [4.78, 5) is 2.67. The average molecular weight is 194 g/mol. The van der Waals surface area contributed by atoms with Gasteiger partial charge in [0.2, 0.25) is 0 Å². The minimum atomic E-state index is 0.769. The lowest BCUT2D eigenvalue weighted by molar-refractivity contribution is 0.169. The van der Waals surface area contributed by atoms with Crippen molar-refractivity contribution in [2.24, 2.45) is 0 Å². The molecule has 0 amide bonds. The second kappa shape index (κ2) is 4.94.